The SMILES string of the molecule is CCCCCCCCOc1cc2c(cc1OCCCCCCCC)C1(c3cc(C)ccc3-c3ccc(-c4ccc(N(c5ccc(C)cc5)c5ccc(N(c6ccc(C)cc6)c6ccc(C)cc6)cc5)cc4)cc31)c1cc(OCCCCCCCC)c(OCCCCCCCC)cc1-2. The zero-order valence-electron chi connectivity index (χ0n) is 60.1. The lowest BCUT2D eigenvalue weighted by Crippen LogP contribution is -2.26. The highest BCUT2D eigenvalue weighted by Gasteiger charge is 2.53. The summed E-state index contributed by atoms with van der Waals surface area (Å²) in [4.78, 5) is 4.73. The number of fused-ring (bicyclic) bond motifs is 10. The number of anilines is 6. The van der Waals surface area contributed by atoms with Crippen LogP contribution in [0.5, 0.6) is 23.0 Å². The van der Waals surface area contributed by atoms with Crippen molar-refractivity contribution in [2.45, 2.75) is 215 Å². The first-order valence-corrected chi connectivity index (χ1v) is 37.8. The van der Waals surface area contributed by atoms with Gasteiger partial charge in [0.2, 0.25) is 0 Å². The van der Waals surface area contributed by atoms with Gasteiger partial charge < -0.3 is 28.7 Å². The van der Waals surface area contributed by atoms with E-state index in [0.29, 0.717) is 26.4 Å². The van der Waals surface area contributed by atoms with Crippen LogP contribution in [-0.2, 0) is 5.41 Å². The van der Waals surface area contributed by atoms with Gasteiger partial charge in [0, 0.05) is 34.1 Å². The number of nitrogens with zero attached hydrogens (tertiary/aromatic N) is 2. The van der Waals surface area contributed by atoms with Crippen LogP contribution in [0.25, 0.3) is 33.4 Å². The highest BCUT2D eigenvalue weighted by Crippen LogP contribution is 2.66. The standard InChI is InChI=1S/C91H110N2O4/c1-9-13-17-21-25-29-57-94-87-63-81-82-64-88(95-58-30-26-22-18-14-10-2)90(97-60-32-28-24-20-16-12-4)66-86(82)91(85(81)65-89(87)96-59-31-27-23-19-15-11-3)83-61-70(8)39-55-79(83)80-56-42-72(62-84(80)91)71-40-49-76(50-41-71)93(75-47-37-69(7)38-48-75)78-53-51-77(52-54-78)92(73-43-33-67(5)34-44-73)74-45-35-68(6)36-46-74/h33-56,61-66H,9-32,57-60H2,1-8H3. The van der Waals surface area contributed by atoms with Crippen molar-refractivity contribution in [1.82, 2.24) is 0 Å². The minimum absolute atomic E-state index is 0.644. The zero-order valence-corrected chi connectivity index (χ0v) is 60.1. The molecule has 9 aromatic rings. The van der Waals surface area contributed by atoms with E-state index in [1.807, 2.05) is 0 Å². The van der Waals surface area contributed by atoms with Crippen LogP contribution in [0.15, 0.2) is 182 Å². The Morgan fingerprint density at radius 2 is 0.495 bits per heavy atom. The van der Waals surface area contributed by atoms with Crippen LogP contribution in [0.1, 0.15) is 226 Å². The van der Waals surface area contributed by atoms with E-state index in [1.54, 1.807) is 0 Å². The van der Waals surface area contributed by atoms with Crippen LogP contribution in [0, 0.1) is 27.7 Å². The van der Waals surface area contributed by atoms with Gasteiger partial charge in [0.15, 0.2) is 23.0 Å². The van der Waals surface area contributed by atoms with E-state index in [0.717, 1.165) is 114 Å². The van der Waals surface area contributed by atoms with E-state index >= 15 is 0 Å². The van der Waals surface area contributed by atoms with Gasteiger partial charge in [-0.2, -0.15) is 0 Å². The molecule has 0 N–H and O–H groups in total. The van der Waals surface area contributed by atoms with Crippen molar-refractivity contribution >= 4 is 34.1 Å². The molecule has 0 unspecified atom stereocenters. The topological polar surface area (TPSA) is 43.4 Å². The molecule has 0 aromatic heterocycles. The summed E-state index contributed by atoms with van der Waals surface area (Å²) in [5.41, 5.74) is 23.0. The van der Waals surface area contributed by atoms with E-state index in [-0.39, 0.29) is 0 Å². The Balaban J connectivity index is 1.02. The van der Waals surface area contributed by atoms with Gasteiger partial charge in [-0.05, 0) is 212 Å². The molecule has 6 heteroatoms. The third-order valence-electron chi connectivity index (χ3n) is 20.3. The molecule has 2 aliphatic carbocycles. The lowest BCUT2D eigenvalue weighted by Gasteiger charge is -2.32. The number of benzene rings is 9. The van der Waals surface area contributed by atoms with Crippen molar-refractivity contribution in [3.63, 3.8) is 0 Å². The first-order chi connectivity index (χ1) is 47.6. The van der Waals surface area contributed by atoms with Crippen molar-refractivity contribution in [3.8, 4) is 56.4 Å². The van der Waals surface area contributed by atoms with Gasteiger partial charge in [-0.3, -0.25) is 0 Å². The maximum absolute atomic E-state index is 7.10. The molecule has 0 atom stereocenters. The van der Waals surface area contributed by atoms with E-state index < -0.39 is 5.41 Å². The number of unbranched alkanes of at least 4 members (excludes halogenated alkanes) is 20. The van der Waals surface area contributed by atoms with E-state index in [1.165, 1.54) is 175 Å². The van der Waals surface area contributed by atoms with E-state index in [2.05, 4.69) is 247 Å². The summed E-state index contributed by atoms with van der Waals surface area (Å²) >= 11 is 0. The molecule has 97 heavy (non-hydrogen) atoms. The number of hydrogen-bond donors (Lipinski definition) is 0. The molecule has 1 spiro atoms. The van der Waals surface area contributed by atoms with Gasteiger partial charge in [-0.25, -0.2) is 0 Å². The van der Waals surface area contributed by atoms with E-state index in [9.17, 15) is 0 Å². The molecular formula is C91H110N2O4. The fraction of sp³-hybridized carbons (Fsp3) is 0.407. The molecule has 11 rings (SSSR count). The number of rotatable bonds is 39. The van der Waals surface area contributed by atoms with Gasteiger partial charge >= 0.3 is 0 Å². The molecule has 0 saturated carbocycles. The predicted octanol–water partition coefficient (Wildman–Crippen LogP) is 26.8. The molecule has 0 amide bonds. The minimum atomic E-state index is -0.716. The van der Waals surface area contributed by atoms with Crippen molar-refractivity contribution in [2.75, 3.05) is 36.2 Å². The Bertz CT molecular complexity index is 3790. The summed E-state index contributed by atoms with van der Waals surface area (Å²) in [6, 6.07) is 68.7. The van der Waals surface area contributed by atoms with Crippen molar-refractivity contribution in [3.05, 3.63) is 226 Å². The summed E-state index contributed by atoms with van der Waals surface area (Å²) < 4.78 is 28.2. The predicted molar refractivity (Wildman–Crippen MR) is 412 cm³/mol. The van der Waals surface area contributed by atoms with Crippen molar-refractivity contribution in [2.24, 2.45) is 0 Å². The van der Waals surface area contributed by atoms with Crippen LogP contribution in [-0.4, -0.2) is 26.4 Å². The Labute approximate surface area is 583 Å². The molecular weight excluding hydrogens is 1190 g/mol. The molecule has 508 valence electrons. The number of hydrogen-bond acceptors (Lipinski definition) is 6. The van der Waals surface area contributed by atoms with Gasteiger partial charge in [0.1, 0.15) is 0 Å². The smallest absolute Gasteiger partial charge is 0.161 e. The van der Waals surface area contributed by atoms with Gasteiger partial charge in [-0.15, -0.1) is 0 Å². The van der Waals surface area contributed by atoms with Gasteiger partial charge in [0.25, 0.3) is 0 Å². The summed E-state index contributed by atoms with van der Waals surface area (Å²) in [7, 11) is 0. The minimum Gasteiger partial charge on any atom is -0.490 e. The van der Waals surface area contributed by atoms with Crippen molar-refractivity contribution < 1.29 is 18.9 Å². The zero-order chi connectivity index (χ0) is 67.4. The highest BCUT2D eigenvalue weighted by molar-refractivity contribution is 5.98. The molecule has 0 saturated heterocycles. The third-order valence-corrected chi connectivity index (χ3v) is 20.3. The second kappa shape index (κ2) is 34.8. The molecule has 9 aromatic carbocycles. The Kier molecular flexibility index (Phi) is 25.2. The fourth-order valence-corrected chi connectivity index (χ4v) is 14.8. The Hall–Kier alpha value is -8.22. The van der Waals surface area contributed by atoms with Crippen LogP contribution in [0.3, 0.4) is 0 Å². The third kappa shape index (κ3) is 16.9. The average Bonchev–Trinajstić information content (AvgIpc) is 1.51. The molecule has 0 heterocycles. The van der Waals surface area contributed by atoms with Gasteiger partial charge in [-0.1, -0.05) is 257 Å². The molecule has 2 aliphatic rings. The second-order valence-electron chi connectivity index (χ2n) is 28.0. The second-order valence-corrected chi connectivity index (χ2v) is 28.0. The largest absolute Gasteiger partial charge is 0.490 e. The van der Waals surface area contributed by atoms with Crippen LogP contribution in [0.2, 0.25) is 0 Å². The normalized spacial score (nSPS) is 12.3. The Morgan fingerprint density at radius 3 is 0.845 bits per heavy atom. The van der Waals surface area contributed by atoms with Crippen LogP contribution in [0.4, 0.5) is 34.1 Å². The molecule has 0 bridgehead atoms. The Morgan fingerprint density at radius 1 is 0.237 bits per heavy atom. The maximum Gasteiger partial charge on any atom is 0.161 e. The first kappa shape index (κ1) is 70.1. The molecule has 0 fully saturated rings. The highest BCUT2D eigenvalue weighted by atomic mass is 16.5. The maximum atomic E-state index is 7.10. The van der Waals surface area contributed by atoms with Crippen molar-refractivity contribution in [1.29, 1.82) is 0 Å². The lowest BCUT2D eigenvalue weighted by molar-refractivity contribution is 0.258. The van der Waals surface area contributed by atoms with Gasteiger partial charge in [0.05, 0.1) is 31.8 Å². The monoisotopic (exact) mass is 1290 g/mol. The number of ether oxygens (including phenoxy) is 4. The average molecular weight is 1300 g/mol. The summed E-state index contributed by atoms with van der Waals surface area (Å²) in [5.74, 6) is 3.33. The number of aryl methyl sites for hydroxylation is 4. The summed E-state index contributed by atoms with van der Waals surface area (Å²) in [5, 5.41) is 0. The quantitative estimate of drug-likeness (QED) is 0.0358. The summed E-state index contributed by atoms with van der Waals surface area (Å²) in [6.45, 7) is 20.5. The van der Waals surface area contributed by atoms with Crippen LogP contribution >= 0.6 is 0 Å². The van der Waals surface area contributed by atoms with E-state index in [4.69, 9.17) is 18.9 Å². The molecule has 0 aliphatic heterocycles. The summed E-state index contributed by atoms with van der Waals surface area (Å²) in [6.07, 6.45) is 28.8. The molecule has 0 radical (unpaired) electrons. The molecule has 6 nitrogen and oxygen atoms in total. The first-order valence-electron chi connectivity index (χ1n) is 37.8. The van der Waals surface area contributed by atoms with Crippen LogP contribution < -0.4 is 28.7 Å². The lowest BCUT2D eigenvalue weighted by atomic mass is 9.70. The fourth-order valence-electron chi connectivity index (χ4n) is 14.8.